The molecular formula is C13H16N4O3. The highest BCUT2D eigenvalue weighted by Crippen LogP contribution is 2.32. The van der Waals surface area contributed by atoms with Crippen LogP contribution >= 0.6 is 0 Å². The van der Waals surface area contributed by atoms with Crippen LogP contribution in [0.2, 0.25) is 0 Å². The minimum absolute atomic E-state index is 0.0100. The molecule has 0 fully saturated rings. The molecule has 1 atom stereocenters. The maximum Gasteiger partial charge on any atom is 0.292 e. The van der Waals surface area contributed by atoms with Crippen molar-refractivity contribution >= 4 is 11.4 Å². The average molecular weight is 276 g/mol. The van der Waals surface area contributed by atoms with E-state index in [9.17, 15) is 10.1 Å². The van der Waals surface area contributed by atoms with Gasteiger partial charge in [0.1, 0.15) is 17.3 Å². The van der Waals surface area contributed by atoms with Gasteiger partial charge in [-0.3, -0.25) is 10.1 Å². The van der Waals surface area contributed by atoms with Gasteiger partial charge >= 0.3 is 0 Å². The number of aromatic amines is 1. The summed E-state index contributed by atoms with van der Waals surface area (Å²) < 4.78 is 5.11. The second-order valence-corrected chi connectivity index (χ2v) is 4.22. The van der Waals surface area contributed by atoms with E-state index in [0.717, 1.165) is 12.2 Å². The van der Waals surface area contributed by atoms with E-state index in [1.807, 2.05) is 6.92 Å². The maximum absolute atomic E-state index is 11.1. The Kier molecular flexibility index (Phi) is 4.19. The van der Waals surface area contributed by atoms with Crippen LogP contribution in [0.25, 0.3) is 0 Å². The second-order valence-electron chi connectivity index (χ2n) is 4.22. The van der Waals surface area contributed by atoms with Gasteiger partial charge in [0.05, 0.1) is 18.1 Å². The van der Waals surface area contributed by atoms with Crippen LogP contribution in [0.1, 0.15) is 25.2 Å². The summed E-state index contributed by atoms with van der Waals surface area (Å²) in [4.78, 5) is 17.9. The number of nitro benzene ring substituents is 1. The lowest BCUT2D eigenvalue weighted by atomic mass is 10.1. The predicted octanol–water partition coefficient (Wildman–Crippen LogP) is 2.89. The molecule has 0 bridgehead atoms. The van der Waals surface area contributed by atoms with Gasteiger partial charge < -0.3 is 15.0 Å². The number of nitrogens with one attached hydrogen (secondary N) is 2. The van der Waals surface area contributed by atoms with Crippen molar-refractivity contribution in [2.45, 2.75) is 19.4 Å². The summed E-state index contributed by atoms with van der Waals surface area (Å²) in [6.07, 6.45) is 4.11. The van der Waals surface area contributed by atoms with Crippen LogP contribution in [0.3, 0.4) is 0 Å². The minimum atomic E-state index is -0.420. The fraction of sp³-hybridized carbons (Fsp3) is 0.308. The molecule has 0 aliphatic rings. The van der Waals surface area contributed by atoms with Crippen molar-refractivity contribution in [3.05, 3.63) is 46.5 Å². The van der Waals surface area contributed by atoms with Crippen LogP contribution in [-0.2, 0) is 0 Å². The summed E-state index contributed by atoms with van der Waals surface area (Å²) in [5, 5.41) is 14.2. The molecule has 0 spiro atoms. The Morgan fingerprint density at radius 3 is 2.90 bits per heavy atom. The van der Waals surface area contributed by atoms with Crippen molar-refractivity contribution in [3.63, 3.8) is 0 Å². The molecule has 1 aromatic carbocycles. The molecule has 0 aliphatic carbocycles. The Morgan fingerprint density at radius 1 is 1.55 bits per heavy atom. The Labute approximate surface area is 116 Å². The minimum Gasteiger partial charge on any atom is -0.497 e. The van der Waals surface area contributed by atoms with Crippen LogP contribution in [0, 0.1) is 10.1 Å². The predicted molar refractivity (Wildman–Crippen MR) is 74.9 cm³/mol. The summed E-state index contributed by atoms with van der Waals surface area (Å²) in [5.74, 6) is 1.30. The lowest BCUT2D eigenvalue weighted by molar-refractivity contribution is -0.384. The van der Waals surface area contributed by atoms with Gasteiger partial charge in [-0.1, -0.05) is 6.92 Å². The van der Waals surface area contributed by atoms with Gasteiger partial charge in [-0.05, 0) is 12.5 Å². The zero-order valence-electron chi connectivity index (χ0n) is 11.3. The molecule has 0 saturated heterocycles. The van der Waals surface area contributed by atoms with E-state index in [4.69, 9.17) is 4.74 Å². The summed E-state index contributed by atoms with van der Waals surface area (Å²) in [6.45, 7) is 1.98. The number of aromatic nitrogens is 2. The number of imidazole rings is 1. The topological polar surface area (TPSA) is 93.1 Å². The Balaban J connectivity index is 2.33. The number of methoxy groups -OCH3 is 1. The summed E-state index contributed by atoms with van der Waals surface area (Å²) in [5.41, 5.74) is 0.424. The maximum atomic E-state index is 11.1. The average Bonchev–Trinajstić information content (AvgIpc) is 2.98. The summed E-state index contributed by atoms with van der Waals surface area (Å²) in [7, 11) is 1.52. The molecule has 0 saturated carbocycles. The van der Waals surface area contributed by atoms with Gasteiger partial charge in [0, 0.05) is 24.5 Å². The molecule has 1 unspecified atom stereocenters. The largest absolute Gasteiger partial charge is 0.497 e. The zero-order chi connectivity index (χ0) is 14.5. The molecule has 106 valence electrons. The monoisotopic (exact) mass is 276 g/mol. The number of rotatable bonds is 6. The van der Waals surface area contributed by atoms with E-state index in [2.05, 4.69) is 15.3 Å². The normalized spacial score (nSPS) is 11.9. The lowest BCUT2D eigenvalue weighted by Crippen LogP contribution is -2.12. The van der Waals surface area contributed by atoms with Crippen LogP contribution in [0.15, 0.2) is 30.6 Å². The summed E-state index contributed by atoms with van der Waals surface area (Å²) >= 11 is 0. The van der Waals surface area contributed by atoms with Crippen LogP contribution < -0.4 is 10.1 Å². The molecular weight excluding hydrogens is 260 g/mol. The molecule has 1 heterocycles. The number of hydrogen-bond donors (Lipinski definition) is 2. The highest BCUT2D eigenvalue weighted by atomic mass is 16.6. The standard InChI is InChI=1S/C13H16N4O3/c1-3-10(13-14-6-7-15-13)16-11-8-9(20-2)4-5-12(11)17(18)19/h4-8,10,16H,3H2,1-2H3,(H,14,15). The second kappa shape index (κ2) is 6.05. The molecule has 0 aliphatic heterocycles. The van der Waals surface area contributed by atoms with Crippen LogP contribution in [-0.4, -0.2) is 22.0 Å². The van der Waals surface area contributed by atoms with Gasteiger partial charge in [0.25, 0.3) is 5.69 Å². The Bertz CT molecular complexity index is 583. The number of hydrogen-bond acceptors (Lipinski definition) is 5. The smallest absolute Gasteiger partial charge is 0.292 e. The van der Waals surface area contributed by atoms with Crippen molar-refractivity contribution in [3.8, 4) is 5.75 Å². The number of nitro groups is 1. The third-order valence-electron chi connectivity index (χ3n) is 2.99. The van der Waals surface area contributed by atoms with E-state index >= 15 is 0 Å². The number of ether oxygens (including phenoxy) is 1. The fourth-order valence-corrected chi connectivity index (χ4v) is 1.94. The van der Waals surface area contributed by atoms with E-state index in [1.54, 1.807) is 24.5 Å². The quantitative estimate of drug-likeness (QED) is 0.625. The fourth-order valence-electron chi connectivity index (χ4n) is 1.94. The van der Waals surface area contributed by atoms with E-state index in [-0.39, 0.29) is 11.7 Å². The zero-order valence-corrected chi connectivity index (χ0v) is 11.3. The van der Waals surface area contributed by atoms with Crippen molar-refractivity contribution in [2.24, 2.45) is 0 Å². The molecule has 0 amide bonds. The molecule has 0 radical (unpaired) electrons. The first-order valence-corrected chi connectivity index (χ1v) is 6.24. The van der Waals surface area contributed by atoms with E-state index in [0.29, 0.717) is 11.4 Å². The first kappa shape index (κ1) is 13.9. The number of benzene rings is 1. The van der Waals surface area contributed by atoms with Crippen molar-refractivity contribution in [1.29, 1.82) is 0 Å². The molecule has 2 aromatic rings. The first-order chi connectivity index (χ1) is 9.65. The van der Waals surface area contributed by atoms with Gasteiger partial charge in [0.2, 0.25) is 0 Å². The first-order valence-electron chi connectivity index (χ1n) is 6.24. The number of anilines is 1. The molecule has 20 heavy (non-hydrogen) atoms. The highest BCUT2D eigenvalue weighted by Gasteiger charge is 2.19. The van der Waals surface area contributed by atoms with Crippen LogP contribution in [0.5, 0.6) is 5.75 Å². The Morgan fingerprint density at radius 2 is 2.35 bits per heavy atom. The van der Waals surface area contributed by atoms with Crippen LogP contribution in [0.4, 0.5) is 11.4 Å². The number of nitrogens with zero attached hydrogens (tertiary/aromatic N) is 2. The molecule has 1 aromatic heterocycles. The molecule has 7 nitrogen and oxygen atoms in total. The van der Waals surface area contributed by atoms with E-state index in [1.165, 1.54) is 13.2 Å². The Hall–Kier alpha value is -2.57. The lowest BCUT2D eigenvalue weighted by Gasteiger charge is -2.16. The van der Waals surface area contributed by atoms with E-state index < -0.39 is 4.92 Å². The third kappa shape index (κ3) is 2.87. The van der Waals surface area contributed by atoms with Gasteiger partial charge in [-0.15, -0.1) is 0 Å². The summed E-state index contributed by atoms with van der Waals surface area (Å²) in [6, 6.07) is 4.48. The van der Waals surface area contributed by atoms with Gasteiger partial charge in [0.15, 0.2) is 0 Å². The van der Waals surface area contributed by atoms with Crippen molar-refractivity contribution in [2.75, 3.05) is 12.4 Å². The molecule has 2 N–H and O–H groups in total. The van der Waals surface area contributed by atoms with Gasteiger partial charge in [-0.2, -0.15) is 0 Å². The van der Waals surface area contributed by atoms with Crippen molar-refractivity contribution < 1.29 is 9.66 Å². The molecule has 2 rings (SSSR count). The van der Waals surface area contributed by atoms with Crippen molar-refractivity contribution in [1.82, 2.24) is 9.97 Å². The van der Waals surface area contributed by atoms with Gasteiger partial charge in [-0.25, -0.2) is 4.98 Å². The SMILES string of the molecule is CCC(Nc1cc(OC)ccc1[N+](=O)[O-])c1ncc[nH]1. The third-order valence-corrected chi connectivity index (χ3v) is 2.99. The molecule has 7 heteroatoms. The number of H-pyrrole nitrogens is 1. The highest BCUT2D eigenvalue weighted by molar-refractivity contribution is 5.64.